The number of nitriles is 1. The van der Waals surface area contributed by atoms with Crippen LogP contribution in [0.2, 0.25) is 0 Å². The number of aryl methyl sites for hydroxylation is 1. The van der Waals surface area contributed by atoms with E-state index in [1.807, 2.05) is 30.3 Å². The molecule has 0 amide bonds. The van der Waals surface area contributed by atoms with Gasteiger partial charge in [0.05, 0.1) is 29.7 Å². The average molecular weight is 372 g/mol. The fraction of sp³-hybridized carbons (Fsp3) is 0.0952. The smallest absolute Gasteiger partial charge is 0.269 e. The number of carbonyl (C=O) groups is 1. The number of nitro groups is 1. The molecule has 28 heavy (non-hydrogen) atoms. The second-order valence-electron chi connectivity index (χ2n) is 5.97. The van der Waals surface area contributed by atoms with E-state index in [9.17, 15) is 14.9 Å². The van der Waals surface area contributed by atoms with Crippen molar-refractivity contribution in [1.29, 1.82) is 5.26 Å². The number of aromatic nitrogens is 2. The van der Waals surface area contributed by atoms with E-state index in [1.54, 1.807) is 17.0 Å². The number of hydrogen-bond donors (Lipinski definition) is 0. The second kappa shape index (κ2) is 8.56. The number of ketones is 1. The molecule has 7 nitrogen and oxygen atoms in total. The highest BCUT2D eigenvalue weighted by atomic mass is 16.6. The molecule has 2 aromatic carbocycles. The quantitative estimate of drug-likeness (QED) is 0.267. The highest BCUT2D eigenvalue weighted by Crippen LogP contribution is 2.23. The predicted octanol–water partition coefficient (Wildman–Crippen LogP) is 4.27. The van der Waals surface area contributed by atoms with E-state index in [0.29, 0.717) is 24.2 Å². The molecule has 138 valence electrons. The van der Waals surface area contributed by atoms with Crippen LogP contribution in [-0.4, -0.2) is 20.5 Å². The topological polar surface area (TPSA) is 102 Å². The van der Waals surface area contributed by atoms with Crippen LogP contribution in [0.3, 0.4) is 0 Å². The first-order chi connectivity index (χ1) is 13.6. The normalized spacial score (nSPS) is 10.7. The van der Waals surface area contributed by atoms with Crippen LogP contribution in [0.1, 0.15) is 22.3 Å². The van der Waals surface area contributed by atoms with Crippen molar-refractivity contribution < 1.29 is 9.72 Å². The minimum absolute atomic E-state index is 0.0642. The Morgan fingerprint density at radius 3 is 2.54 bits per heavy atom. The van der Waals surface area contributed by atoms with E-state index in [4.69, 9.17) is 5.26 Å². The second-order valence-corrected chi connectivity index (χ2v) is 5.97. The number of nitrogens with zero attached hydrogens (tertiary/aromatic N) is 4. The van der Waals surface area contributed by atoms with Crippen molar-refractivity contribution in [2.45, 2.75) is 13.0 Å². The van der Waals surface area contributed by atoms with Crippen molar-refractivity contribution in [2.75, 3.05) is 0 Å². The van der Waals surface area contributed by atoms with Gasteiger partial charge < -0.3 is 0 Å². The van der Waals surface area contributed by atoms with Crippen molar-refractivity contribution in [3.05, 3.63) is 88.1 Å². The largest absolute Gasteiger partial charge is 0.289 e. The number of carbonyl (C=O) groups excluding carboxylic acids is 1. The Morgan fingerprint density at radius 1 is 1.18 bits per heavy atom. The molecule has 0 aliphatic heterocycles. The van der Waals surface area contributed by atoms with Gasteiger partial charge in [0.2, 0.25) is 0 Å². The Labute approximate surface area is 161 Å². The van der Waals surface area contributed by atoms with Gasteiger partial charge >= 0.3 is 0 Å². The predicted molar refractivity (Wildman–Crippen MR) is 104 cm³/mol. The number of allylic oxidation sites excluding steroid dienone is 1. The fourth-order valence-corrected chi connectivity index (χ4v) is 2.67. The van der Waals surface area contributed by atoms with E-state index in [2.05, 4.69) is 11.2 Å². The molecular formula is C21H16N4O3. The van der Waals surface area contributed by atoms with E-state index < -0.39 is 4.92 Å². The molecule has 1 heterocycles. The van der Waals surface area contributed by atoms with Crippen molar-refractivity contribution in [3.63, 3.8) is 0 Å². The molecule has 0 bridgehead atoms. The number of benzene rings is 2. The summed E-state index contributed by atoms with van der Waals surface area (Å²) in [6, 6.07) is 17.1. The zero-order chi connectivity index (χ0) is 19.9. The molecule has 0 unspecified atom stereocenters. The van der Waals surface area contributed by atoms with Gasteiger partial charge in [-0.05, 0) is 24.3 Å². The maximum atomic E-state index is 12.4. The van der Waals surface area contributed by atoms with Gasteiger partial charge in [-0.3, -0.25) is 19.6 Å². The van der Waals surface area contributed by atoms with Gasteiger partial charge in [-0.25, -0.2) is 0 Å². The number of nitro benzene ring substituents is 1. The summed E-state index contributed by atoms with van der Waals surface area (Å²) in [6.45, 7) is 0.459. The van der Waals surface area contributed by atoms with Crippen LogP contribution in [0, 0.1) is 21.4 Å². The first kappa shape index (κ1) is 18.7. The summed E-state index contributed by atoms with van der Waals surface area (Å²) < 4.78 is 1.68. The standard InChI is InChI=1S/C21H16N4O3/c22-13-4-14-24-15-18(21(23-24)17-5-2-1-3-6-17)9-12-20(26)16-7-10-19(11-8-16)25(27)28/h1-3,5-12,15H,4,14H2/b12-9+. The van der Waals surface area contributed by atoms with E-state index in [0.717, 1.165) is 11.1 Å². The summed E-state index contributed by atoms with van der Waals surface area (Å²) in [5, 5.41) is 24.0. The zero-order valence-corrected chi connectivity index (χ0v) is 14.9. The van der Waals surface area contributed by atoms with Gasteiger partial charge in [0.25, 0.3) is 5.69 Å². The van der Waals surface area contributed by atoms with Crippen LogP contribution >= 0.6 is 0 Å². The molecule has 0 atom stereocenters. The molecule has 3 aromatic rings. The van der Waals surface area contributed by atoms with Crippen LogP contribution in [0.15, 0.2) is 66.9 Å². The number of non-ortho nitro benzene ring substituents is 1. The first-order valence-corrected chi connectivity index (χ1v) is 8.55. The Balaban J connectivity index is 1.87. The molecule has 0 fully saturated rings. The molecular weight excluding hydrogens is 356 g/mol. The van der Waals surface area contributed by atoms with E-state index in [-0.39, 0.29) is 11.5 Å². The SMILES string of the molecule is N#CCCn1cc(/C=C/C(=O)c2ccc([N+](=O)[O-])cc2)c(-c2ccccc2)n1. The van der Waals surface area contributed by atoms with Crippen molar-refractivity contribution in [1.82, 2.24) is 9.78 Å². The lowest BCUT2D eigenvalue weighted by Crippen LogP contribution is -1.97. The molecule has 0 saturated heterocycles. The Kier molecular flexibility index (Phi) is 5.72. The highest BCUT2D eigenvalue weighted by molar-refractivity contribution is 6.07. The van der Waals surface area contributed by atoms with Gasteiger partial charge in [0.15, 0.2) is 5.78 Å². The molecule has 0 aliphatic rings. The maximum absolute atomic E-state index is 12.4. The molecule has 7 heteroatoms. The molecule has 0 saturated carbocycles. The van der Waals surface area contributed by atoms with Gasteiger partial charge in [0, 0.05) is 35.0 Å². The van der Waals surface area contributed by atoms with Crippen molar-refractivity contribution in [2.24, 2.45) is 0 Å². The van der Waals surface area contributed by atoms with Crippen LogP contribution in [0.25, 0.3) is 17.3 Å². The molecule has 1 aromatic heterocycles. The van der Waals surface area contributed by atoms with Gasteiger partial charge in [-0.2, -0.15) is 10.4 Å². The maximum Gasteiger partial charge on any atom is 0.269 e. The third-order valence-corrected chi connectivity index (χ3v) is 4.07. The van der Waals surface area contributed by atoms with E-state index >= 15 is 0 Å². The van der Waals surface area contributed by atoms with Gasteiger partial charge in [-0.1, -0.05) is 30.3 Å². The lowest BCUT2D eigenvalue weighted by Gasteiger charge is -1.99. The third kappa shape index (κ3) is 4.37. The molecule has 0 aliphatic carbocycles. The Bertz CT molecular complexity index is 1060. The minimum Gasteiger partial charge on any atom is -0.289 e. The monoisotopic (exact) mass is 372 g/mol. The summed E-state index contributed by atoms with van der Waals surface area (Å²) in [5.74, 6) is -0.265. The first-order valence-electron chi connectivity index (χ1n) is 8.55. The molecule has 3 rings (SSSR count). The zero-order valence-electron chi connectivity index (χ0n) is 14.9. The van der Waals surface area contributed by atoms with Gasteiger partial charge in [0.1, 0.15) is 0 Å². The Hall–Kier alpha value is -4.05. The third-order valence-electron chi connectivity index (χ3n) is 4.07. The molecule has 0 spiro atoms. The van der Waals surface area contributed by atoms with E-state index in [1.165, 1.54) is 30.3 Å². The summed E-state index contributed by atoms with van der Waals surface area (Å²) in [7, 11) is 0. The summed E-state index contributed by atoms with van der Waals surface area (Å²) >= 11 is 0. The number of rotatable bonds is 7. The Morgan fingerprint density at radius 2 is 1.89 bits per heavy atom. The summed E-state index contributed by atoms with van der Waals surface area (Å²) in [5.41, 5.74) is 2.66. The fourth-order valence-electron chi connectivity index (χ4n) is 2.67. The lowest BCUT2D eigenvalue weighted by molar-refractivity contribution is -0.384. The van der Waals surface area contributed by atoms with Crippen LogP contribution in [-0.2, 0) is 6.54 Å². The minimum atomic E-state index is -0.508. The average Bonchev–Trinajstić information content (AvgIpc) is 3.14. The lowest BCUT2D eigenvalue weighted by atomic mass is 10.1. The van der Waals surface area contributed by atoms with Gasteiger partial charge in [-0.15, -0.1) is 0 Å². The molecule has 0 N–H and O–H groups in total. The van der Waals surface area contributed by atoms with Crippen LogP contribution in [0.5, 0.6) is 0 Å². The highest BCUT2D eigenvalue weighted by Gasteiger charge is 2.11. The summed E-state index contributed by atoms with van der Waals surface area (Å²) in [4.78, 5) is 22.6. The van der Waals surface area contributed by atoms with Crippen LogP contribution < -0.4 is 0 Å². The molecule has 0 radical (unpaired) electrons. The van der Waals surface area contributed by atoms with Crippen LogP contribution in [0.4, 0.5) is 5.69 Å². The van der Waals surface area contributed by atoms with Crippen molar-refractivity contribution in [3.8, 4) is 17.3 Å². The summed E-state index contributed by atoms with van der Waals surface area (Å²) in [6.07, 6.45) is 5.21. The number of hydrogen-bond acceptors (Lipinski definition) is 5. The van der Waals surface area contributed by atoms with Crippen molar-refractivity contribution >= 4 is 17.5 Å².